The number of benzene rings is 2. The molecular formula is C18H14N2O5. The van der Waals surface area contributed by atoms with Gasteiger partial charge in [0.15, 0.2) is 5.60 Å². The van der Waals surface area contributed by atoms with Crippen molar-refractivity contribution < 1.29 is 19.2 Å². The minimum atomic E-state index is -1.15. The van der Waals surface area contributed by atoms with Gasteiger partial charge in [-0.1, -0.05) is 18.2 Å². The molecule has 0 aromatic heterocycles. The third-order valence-corrected chi connectivity index (χ3v) is 4.96. The summed E-state index contributed by atoms with van der Waals surface area (Å²) in [7, 11) is 0. The van der Waals surface area contributed by atoms with Crippen molar-refractivity contribution in [2.75, 3.05) is 5.32 Å². The van der Waals surface area contributed by atoms with Crippen LogP contribution in [-0.4, -0.2) is 16.8 Å². The van der Waals surface area contributed by atoms with Gasteiger partial charge < -0.3 is 10.1 Å². The van der Waals surface area contributed by atoms with Gasteiger partial charge in [-0.3, -0.25) is 19.7 Å². The van der Waals surface area contributed by atoms with Crippen LogP contribution in [0.4, 0.5) is 11.4 Å². The van der Waals surface area contributed by atoms with Crippen LogP contribution in [0.25, 0.3) is 0 Å². The van der Waals surface area contributed by atoms with Gasteiger partial charge in [0.1, 0.15) is 5.41 Å². The standard InChI is InChI=1S/C18H14N2O5/c1-11(21)25-18(12-6-8-13(9-7-12)20(23)24)10-17(18)14-4-2-3-5-15(14)19-16(17)22/h2-9H,10H2,1H3,(H,19,22)/t17-,18-/m1/s1. The molecule has 7 heteroatoms. The molecule has 4 rings (SSSR count). The molecular weight excluding hydrogens is 324 g/mol. The Morgan fingerprint density at radius 1 is 1.20 bits per heavy atom. The van der Waals surface area contributed by atoms with E-state index < -0.39 is 21.9 Å². The molecule has 2 aliphatic rings. The molecule has 0 unspecified atom stereocenters. The summed E-state index contributed by atoms with van der Waals surface area (Å²) in [6, 6.07) is 13.1. The number of fused-ring (bicyclic) bond motifs is 2. The lowest BCUT2D eigenvalue weighted by molar-refractivity contribution is -0.384. The van der Waals surface area contributed by atoms with Crippen molar-refractivity contribution in [3.05, 3.63) is 69.8 Å². The lowest BCUT2D eigenvalue weighted by atomic mass is 9.89. The molecule has 1 fully saturated rings. The van der Waals surface area contributed by atoms with Gasteiger partial charge in [0.2, 0.25) is 5.91 Å². The average Bonchev–Trinajstić information content (AvgIpc) is 3.16. The van der Waals surface area contributed by atoms with Gasteiger partial charge in [0.05, 0.1) is 4.92 Å². The minimum Gasteiger partial charge on any atom is -0.453 e. The topological polar surface area (TPSA) is 98.5 Å². The fourth-order valence-corrected chi connectivity index (χ4v) is 3.85. The highest BCUT2D eigenvalue weighted by Gasteiger charge is 2.79. The first-order chi connectivity index (χ1) is 11.9. The van der Waals surface area contributed by atoms with E-state index in [2.05, 4.69) is 5.32 Å². The molecule has 0 saturated heterocycles. The predicted molar refractivity (Wildman–Crippen MR) is 87.9 cm³/mol. The van der Waals surface area contributed by atoms with E-state index >= 15 is 0 Å². The highest BCUT2D eigenvalue weighted by molar-refractivity contribution is 6.10. The average molecular weight is 338 g/mol. The summed E-state index contributed by atoms with van der Waals surface area (Å²) >= 11 is 0. The fraction of sp³-hybridized carbons (Fsp3) is 0.222. The maximum atomic E-state index is 12.8. The van der Waals surface area contributed by atoms with Crippen LogP contribution < -0.4 is 5.32 Å². The highest BCUT2D eigenvalue weighted by atomic mass is 16.6. The normalized spacial score (nSPS) is 26.0. The van der Waals surface area contributed by atoms with E-state index in [1.807, 2.05) is 18.2 Å². The first kappa shape index (κ1) is 15.3. The molecule has 1 heterocycles. The number of rotatable bonds is 3. The molecule has 2 aromatic rings. The Labute approximate surface area is 142 Å². The van der Waals surface area contributed by atoms with Crippen molar-refractivity contribution in [2.45, 2.75) is 24.4 Å². The maximum Gasteiger partial charge on any atom is 0.303 e. The summed E-state index contributed by atoms with van der Waals surface area (Å²) in [6.07, 6.45) is 0.306. The van der Waals surface area contributed by atoms with E-state index in [1.165, 1.54) is 19.1 Å². The van der Waals surface area contributed by atoms with E-state index in [0.29, 0.717) is 17.7 Å². The zero-order valence-corrected chi connectivity index (χ0v) is 13.3. The predicted octanol–water partition coefficient (Wildman–Crippen LogP) is 2.65. The Hall–Kier alpha value is -3.22. The van der Waals surface area contributed by atoms with E-state index in [-0.39, 0.29) is 11.6 Å². The van der Waals surface area contributed by atoms with E-state index in [4.69, 9.17) is 4.74 Å². The van der Waals surface area contributed by atoms with Crippen LogP contribution in [0.2, 0.25) is 0 Å². The molecule has 1 aliphatic heterocycles. The first-order valence-corrected chi connectivity index (χ1v) is 7.76. The van der Waals surface area contributed by atoms with Crippen molar-refractivity contribution in [3.8, 4) is 0 Å². The van der Waals surface area contributed by atoms with Gasteiger partial charge in [0.25, 0.3) is 5.69 Å². The van der Waals surface area contributed by atoms with E-state index in [9.17, 15) is 19.7 Å². The lowest BCUT2D eigenvalue weighted by Gasteiger charge is -2.22. The molecule has 0 radical (unpaired) electrons. The number of anilines is 1. The van der Waals surface area contributed by atoms with Crippen LogP contribution in [0.3, 0.4) is 0 Å². The summed E-state index contributed by atoms with van der Waals surface area (Å²) in [5, 5.41) is 13.7. The molecule has 1 N–H and O–H groups in total. The number of amides is 1. The largest absolute Gasteiger partial charge is 0.453 e. The smallest absolute Gasteiger partial charge is 0.303 e. The number of carbonyl (C=O) groups is 2. The molecule has 1 saturated carbocycles. The zero-order valence-electron chi connectivity index (χ0n) is 13.3. The van der Waals surface area contributed by atoms with Gasteiger partial charge in [-0.25, -0.2) is 0 Å². The van der Waals surface area contributed by atoms with Gasteiger partial charge in [-0.05, 0) is 29.3 Å². The van der Waals surface area contributed by atoms with Crippen molar-refractivity contribution >= 4 is 23.3 Å². The molecule has 2 atom stereocenters. The SMILES string of the molecule is CC(=O)O[C@@]1(c2ccc([N+](=O)[O-])cc2)C[C@@]12C(=O)Nc1ccccc12. The Balaban J connectivity index is 1.85. The number of nitro groups is 1. The monoisotopic (exact) mass is 338 g/mol. The number of nitro benzene ring substituents is 1. The minimum absolute atomic E-state index is 0.0623. The Morgan fingerprint density at radius 3 is 2.52 bits per heavy atom. The first-order valence-electron chi connectivity index (χ1n) is 7.76. The van der Waals surface area contributed by atoms with Crippen molar-refractivity contribution in [2.24, 2.45) is 0 Å². The molecule has 2 aromatic carbocycles. The Morgan fingerprint density at radius 2 is 1.88 bits per heavy atom. The number of esters is 1. The quantitative estimate of drug-likeness (QED) is 0.527. The highest BCUT2D eigenvalue weighted by Crippen LogP contribution is 2.69. The zero-order chi connectivity index (χ0) is 17.8. The summed E-state index contributed by atoms with van der Waals surface area (Å²) in [5.74, 6) is -0.735. The number of nitrogens with one attached hydrogen (secondary N) is 1. The summed E-state index contributed by atoms with van der Waals surface area (Å²) in [6.45, 7) is 1.29. The third kappa shape index (κ3) is 1.92. The molecule has 7 nitrogen and oxygen atoms in total. The van der Waals surface area contributed by atoms with Gasteiger partial charge in [-0.2, -0.15) is 0 Å². The summed E-state index contributed by atoms with van der Waals surface area (Å²) in [5.41, 5.74) is -0.161. The van der Waals surface area contributed by atoms with Crippen LogP contribution in [0.5, 0.6) is 0 Å². The van der Waals surface area contributed by atoms with Crippen molar-refractivity contribution in [3.63, 3.8) is 0 Å². The summed E-state index contributed by atoms with van der Waals surface area (Å²) in [4.78, 5) is 34.9. The van der Waals surface area contributed by atoms with E-state index in [1.54, 1.807) is 18.2 Å². The van der Waals surface area contributed by atoms with E-state index in [0.717, 1.165) is 5.56 Å². The maximum absolute atomic E-state index is 12.8. The van der Waals surface area contributed by atoms with Crippen LogP contribution >= 0.6 is 0 Å². The second-order valence-electron chi connectivity index (χ2n) is 6.31. The van der Waals surface area contributed by atoms with Crippen LogP contribution in [0, 0.1) is 10.1 Å². The number of hydrogen-bond donors (Lipinski definition) is 1. The number of ether oxygens (including phenoxy) is 1. The second kappa shape index (κ2) is 4.89. The van der Waals surface area contributed by atoms with Crippen LogP contribution in [0.15, 0.2) is 48.5 Å². The second-order valence-corrected chi connectivity index (χ2v) is 6.31. The Bertz CT molecular complexity index is 923. The number of non-ortho nitro benzene ring substituents is 1. The Kier molecular flexibility index (Phi) is 3.00. The van der Waals surface area contributed by atoms with Crippen LogP contribution in [0.1, 0.15) is 24.5 Å². The van der Waals surface area contributed by atoms with Crippen LogP contribution in [-0.2, 0) is 25.3 Å². The number of nitrogens with zero attached hydrogens (tertiary/aromatic N) is 1. The number of hydrogen-bond acceptors (Lipinski definition) is 5. The lowest BCUT2D eigenvalue weighted by Crippen LogP contribution is -2.32. The van der Waals surface area contributed by atoms with Gasteiger partial charge in [-0.15, -0.1) is 0 Å². The molecule has 25 heavy (non-hydrogen) atoms. The molecule has 1 aliphatic carbocycles. The molecule has 0 bridgehead atoms. The van der Waals surface area contributed by atoms with Crippen molar-refractivity contribution in [1.29, 1.82) is 0 Å². The summed E-state index contributed by atoms with van der Waals surface area (Å²) < 4.78 is 5.63. The number of para-hydroxylation sites is 1. The van der Waals surface area contributed by atoms with Crippen molar-refractivity contribution in [1.82, 2.24) is 0 Å². The molecule has 126 valence electrons. The third-order valence-electron chi connectivity index (χ3n) is 4.96. The fourth-order valence-electron chi connectivity index (χ4n) is 3.85. The van der Waals surface area contributed by atoms with Gasteiger partial charge in [0, 0.05) is 31.2 Å². The molecule has 1 spiro atoms. The van der Waals surface area contributed by atoms with Gasteiger partial charge >= 0.3 is 5.97 Å². The number of carbonyl (C=O) groups excluding carboxylic acids is 2. The molecule has 1 amide bonds.